The lowest BCUT2D eigenvalue weighted by Gasteiger charge is -2.28. The van der Waals surface area contributed by atoms with Gasteiger partial charge < -0.3 is 16.0 Å². The first kappa shape index (κ1) is 15.0. The highest BCUT2D eigenvalue weighted by atomic mass is 16.2. The molecule has 2 aliphatic rings. The third kappa shape index (κ3) is 3.85. The molecule has 0 spiro atoms. The predicted molar refractivity (Wildman–Crippen MR) is 86.7 cm³/mol. The lowest BCUT2D eigenvalue weighted by Crippen LogP contribution is -2.39. The summed E-state index contributed by atoms with van der Waals surface area (Å²) in [6, 6.07) is 8.45. The number of carbonyl (C=O) groups excluding carboxylic acids is 2. The molecular weight excluding hydrogens is 278 g/mol. The van der Waals surface area contributed by atoms with Crippen molar-refractivity contribution < 1.29 is 9.59 Å². The summed E-state index contributed by atoms with van der Waals surface area (Å²) < 4.78 is 0. The molecule has 2 aliphatic heterocycles. The molecule has 0 aliphatic carbocycles. The van der Waals surface area contributed by atoms with E-state index in [1.54, 1.807) is 12.1 Å². The molecule has 2 fully saturated rings. The van der Waals surface area contributed by atoms with Crippen molar-refractivity contribution in [3.8, 4) is 0 Å². The number of rotatable bonds is 4. The molecule has 2 unspecified atom stereocenters. The maximum atomic E-state index is 12.2. The van der Waals surface area contributed by atoms with Gasteiger partial charge >= 0.3 is 0 Å². The molecule has 5 heteroatoms. The molecule has 1 aromatic rings. The second-order valence-corrected chi connectivity index (χ2v) is 6.49. The molecule has 0 saturated carbocycles. The fraction of sp³-hybridized carbons (Fsp3) is 0.529. The van der Waals surface area contributed by atoms with Gasteiger partial charge in [-0.3, -0.25) is 9.59 Å². The van der Waals surface area contributed by atoms with Crippen LogP contribution in [0.5, 0.6) is 0 Å². The Labute approximate surface area is 130 Å². The number of benzene rings is 1. The summed E-state index contributed by atoms with van der Waals surface area (Å²) >= 11 is 0. The normalized spacial score (nSPS) is 26.5. The largest absolute Gasteiger partial charge is 0.326 e. The van der Waals surface area contributed by atoms with Crippen LogP contribution in [0.2, 0.25) is 0 Å². The Balaban J connectivity index is 1.50. The van der Waals surface area contributed by atoms with Crippen molar-refractivity contribution in [2.45, 2.75) is 51.1 Å². The lowest BCUT2D eigenvalue weighted by molar-refractivity contribution is -0.117. The van der Waals surface area contributed by atoms with E-state index in [1.165, 1.54) is 19.8 Å². The summed E-state index contributed by atoms with van der Waals surface area (Å²) in [5.74, 6) is 0.480. The van der Waals surface area contributed by atoms with E-state index < -0.39 is 0 Å². The van der Waals surface area contributed by atoms with Crippen LogP contribution in [0.3, 0.4) is 0 Å². The summed E-state index contributed by atoms with van der Waals surface area (Å²) in [6.07, 6.45) is 5.35. The number of carbonyl (C=O) groups is 2. The monoisotopic (exact) mass is 301 g/mol. The molecule has 3 N–H and O–H groups in total. The average molecular weight is 301 g/mol. The van der Waals surface area contributed by atoms with E-state index in [2.05, 4.69) is 16.0 Å². The Hall–Kier alpha value is -1.88. The van der Waals surface area contributed by atoms with Crippen molar-refractivity contribution in [2.24, 2.45) is 5.92 Å². The fourth-order valence-corrected chi connectivity index (χ4v) is 3.66. The molecule has 0 radical (unpaired) electrons. The zero-order valence-electron chi connectivity index (χ0n) is 12.9. The van der Waals surface area contributed by atoms with Gasteiger partial charge in [-0.25, -0.2) is 0 Å². The zero-order valence-corrected chi connectivity index (χ0v) is 12.9. The van der Waals surface area contributed by atoms with Crippen LogP contribution in [0.4, 0.5) is 11.4 Å². The first-order chi connectivity index (χ1) is 10.6. The Morgan fingerprint density at radius 3 is 2.14 bits per heavy atom. The standard InChI is InChI=1S/C17H23N3O2/c1-11(21)18-13-2-4-14(5-3-13)20-17(22)10-12-8-15-6-7-16(9-12)19-15/h2-5,12,15-16,19H,6-10H2,1H3,(H,18,21)(H,20,22). The third-order valence-electron chi connectivity index (χ3n) is 4.53. The first-order valence-electron chi connectivity index (χ1n) is 8.02. The van der Waals surface area contributed by atoms with Gasteiger partial charge in [-0.1, -0.05) is 0 Å². The van der Waals surface area contributed by atoms with Crippen LogP contribution < -0.4 is 16.0 Å². The van der Waals surface area contributed by atoms with E-state index in [9.17, 15) is 9.59 Å². The van der Waals surface area contributed by atoms with Crippen LogP contribution in [0, 0.1) is 5.92 Å². The quantitative estimate of drug-likeness (QED) is 0.800. The van der Waals surface area contributed by atoms with Crippen LogP contribution in [-0.2, 0) is 9.59 Å². The molecule has 2 atom stereocenters. The lowest BCUT2D eigenvalue weighted by atomic mass is 9.89. The van der Waals surface area contributed by atoms with E-state index in [0.717, 1.165) is 24.2 Å². The highest BCUT2D eigenvalue weighted by molar-refractivity contribution is 5.92. The number of hydrogen-bond acceptors (Lipinski definition) is 3. The molecule has 1 aromatic carbocycles. The van der Waals surface area contributed by atoms with Crippen molar-refractivity contribution in [1.82, 2.24) is 5.32 Å². The van der Waals surface area contributed by atoms with Crippen LogP contribution in [0.15, 0.2) is 24.3 Å². The smallest absolute Gasteiger partial charge is 0.224 e. The minimum Gasteiger partial charge on any atom is -0.326 e. The van der Waals surface area contributed by atoms with Crippen LogP contribution in [-0.4, -0.2) is 23.9 Å². The van der Waals surface area contributed by atoms with Crippen molar-refractivity contribution in [2.75, 3.05) is 10.6 Å². The molecule has 2 saturated heterocycles. The molecule has 22 heavy (non-hydrogen) atoms. The molecule has 2 amide bonds. The summed E-state index contributed by atoms with van der Waals surface area (Å²) in [7, 11) is 0. The van der Waals surface area contributed by atoms with Crippen molar-refractivity contribution in [3.63, 3.8) is 0 Å². The number of anilines is 2. The number of fused-ring (bicyclic) bond motifs is 2. The SMILES string of the molecule is CC(=O)Nc1ccc(NC(=O)CC2CC3CCC(C2)N3)cc1. The Morgan fingerprint density at radius 2 is 1.59 bits per heavy atom. The summed E-state index contributed by atoms with van der Waals surface area (Å²) in [6.45, 7) is 1.47. The molecule has 2 bridgehead atoms. The molecule has 3 rings (SSSR count). The van der Waals surface area contributed by atoms with Gasteiger partial charge in [0.15, 0.2) is 0 Å². The van der Waals surface area contributed by atoms with E-state index in [4.69, 9.17) is 0 Å². The van der Waals surface area contributed by atoms with Gasteiger partial charge in [-0.15, -0.1) is 0 Å². The van der Waals surface area contributed by atoms with Gasteiger partial charge in [-0.2, -0.15) is 0 Å². The fourth-order valence-electron chi connectivity index (χ4n) is 3.66. The van der Waals surface area contributed by atoms with E-state index in [1.807, 2.05) is 12.1 Å². The van der Waals surface area contributed by atoms with Crippen LogP contribution in [0.25, 0.3) is 0 Å². The van der Waals surface area contributed by atoms with Crippen molar-refractivity contribution >= 4 is 23.2 Å². The number of piperidine rings is 1. The number of hydrogen-bond donors (Lipinski definition) is 3. The van der Waals surface area contributed by atoms with E-state index in [-0.39, 0.29) is 11.8 Å². The molecule has 5 nitrogen and oxygen atoms in total. The maximum absolute atomic E-state index is 12.2. The summed E-state index contributed by atoms with van der Waals surface area (Å²) in [4.78, 5) is 23.1. The van der Waals surface area contributed by atoms with E-state index >= 15 is 0 Å². The summed E-state index contributed by atoms with van der Waals surface area (Å²) in [5.41, 5.74) is 1.51. The number of amides is 2. The average Bonchev–Trinajstić information content (AvgIpc) is 2.79. The van der Waals surface area contributed by atoms with Crippen LogP contribution >= 0.6 is 0 Å². The van der Waals surface area contributed by atoms with Crippen molar-refractivity contribution in [1.29, 1.82) is 0 Å². The first-order valence-corrected chi connectivity index (χ1v) is 8.02. The van der Waals surface area contributed by atoms with Crippen LogP contribution in [0.1, 0.15) is 39.0 Å². The highest BCUT2D eigenvalue weighted by Crippen LogP contribution is 2.32. The number of nitrogens with one attached hydrogen (secondary N) is 3. The minimum absolute atomic E-state index is 0.0820. The van der Waals surface area contributed by atoms with E-state index in [0.29, 0.717) is 24.4 Å². The molecule has 0 aromatic heterocycles. The Bertz CT molecular complexity index is 544. The van der Waals surface area contributed by atoms with Gasteiger partial charge in [0, 0.05) is 36.8 Å². The van der Waals surface area contributed by atoms with Gasteiger partial charge in [0.25, 0.3) is 0 Å². The molecule has 118 valence electrons. The third-order valence-corrected chi connectivity index (χ3v) is 4.53. The van der Waals surface area contributed by atoms with Crippen molar-refractivity contribution in [3.05, 3.63) is 24.3 Å². The minimum atomic E-state index is -0.0997. The van der Waals surface area contributed by atoms with Gasteiger partial charge in [0.2, 0.25) is 11.8 Å². The Kier molecular flexibility index (Phi) is 4.43. The van der Waals surface area contributed by atoms with Gasteiger partial charge in [-0.05, 0) is 55.9 Å². The second kappa shape index (κ2) is 6.48. The topological polar surface area (TPSA) is 70.2 Å². The van der Waals surface area contributed by atoms with Gasteiger partial charge in [0.1, 0.15) is 0 Å². The predicted octanol–water partition coefficient (Wildman–Crippen LogP) is 2.50. The second-order valence-electron chi connectivity index (χ2n) is 6.49. The highest BCUT2D eigenvalue weighted by Gasteiger charge is 2.34. The maximum Gasteiger partial charge on any atom is 0.224 e. The summed E-state index contributed by atoms with van der Waals surface area (Å²) in [5, 5.41) is 9.26. The molecular formula is C17H23N3O2. The molecule has 2 heterocycles. The van der Waals surface area contributed by atoms with Gasteiger partial charge in [0.05, 0.1) is 0 Å². The zero-order chi connectivity index (χ0) is 15.5. The Morgan fingerprint density at radius 1 is 1.05 bits per heavy atom.